The summed E-state index contributed by atoms with van der Waals surface area (Å²) >= 11 is 0. The van der Waals surface area contributed by atoms with E-state index in [9.17, 15) is 14.7 Å². The predicted molar refractivity (Wildman–Crippen MR) is 94.8 cm³/mol. The van der Waals surface area contributed by atoms with Crippen molar-refractivity contribution in [3.8, 4) is 5.75 Å². The van der Waals surface area contributed by atoms with E-state index in [4.69, 9.17) is 5.73 Å². The summed E-state index contributed by atoms with van der Waals surface area (Å²) in [6.07, 6.45) is 0.268. The van der Waals surface area contributed by atoms with Crippen LogP contribution in [-0.2, 0) is 21.4 Å². The van der Waals surface area contributed by atoms with Crippen molar-refractivity contribution >= 4 is 11.8 Å². The first kappa shape index (κ1) is 20.0. The molecule has 0 fully saturated rings. The summed E-state index contributed by atoms with van der Waals surface area (Å²) in [6, 6.07) is 4.37. The van der Waals surface area contributed by atoms with Crippen LogP contribution in [-0.4, -0.2) is 35.5 Å². The van der Waals surface area contributed by atoms with E-state index in [0.29, 0.717) is 0 Å². The largest absolute Gasteiger partial charge is 0.508 e. The maximum Gasteiger partial charge on any atom is 0.240 e. The van der Waals surface area contributed by atoms with Gasteiger partial charge in [-0.25, -0.2) is 0 Å². The summed E-state index contributed by atoms with van der Waals surface area (Å²) in [4.78, 5) is 24.0. The van der Waals surface area contributed by atoms with Crippen molar-refractivity contribution in [2.24, 2.45) is 5.73 Å². The minimum absolute atomic E-state index is 0.210. The molecule has 0 radical (unpaired) electrons. The van der Waals surface area contributed by atoms with Gasteiger partial charge in [0.2, 0.25) is 11.8 Å². The van der Waals surface area contributed by atoms with Crippen molar-refractivity contribution in [2.75, 3.05) is 7.05 Å². The lowest BCUT2D eigenvalue weighted by Crippen LogP contribution is -2.56. The standard InChI is InChI=1S/C18H29N3O3/c1-17(2,3)12-9-11(7-8-14(12)22)10-13(15(19)23)21-16(24)18(4,5)20-6/h7-9,13,20,22H,10H2,1-6H3,(H2,19,23)(H,21,24)/t13-/m0/s1. The van der Waals surface area contributed by atoms with Crippen LogP contribution >= 0.6 is 0 Å². The van der Waals surface area contributed by atoms with Crippen LogP contribution in [0.25, 0.3) is 0 Å². The zero-order chi connectivity index (χ0) is 18.7. The number of likely N-dealkylation sites (N-methyl/N-ethyl adjacent to an activating group) is 1. The normalized spacial score (nSPS) is 13.4. The van der Waals surface area contributed by atoms with Crippen LogP contribution in [0.1, 0.15) is 45.7 Å². The Morgan fingerprint density at radius 2 is 1.79 bits per heavy atom. The Kier molecular flexibility index (Phi) is 6.00. The third-order valence-corrected chi connectivity index (χ3v) is 4.15. The van der Waals surface area contributed by atoms with Gasteiger partial charge in [-0.05, 0) is 43.5 Å². The van der Waals surface area contributed by atoms with Crippen LogP contribution in [0.15, 0.2) is 18.2 Å². The number of phenols is 1. The number of phenolic OH excluding ortho intramolecular Hbond substituents is 1. The molecule has 1 rings (SSSR count). The van der Waals surface area contributed by atoms with E-state index >= 15 is 0 Å². The lowest BCUT2D eigenvalue weighted by molar-refractivity contribution is -0.130. The predicted octanol–water partition coefficient (Wildman–Crippen LogP) is 1.20. The van der Waals surface area contributed by atoms with E-state index in [0.717, 1.165) is 11.1 Å². The fourth-order valence-corrected chi connectivity index (χ4v) is 2.22. The van der Waals surface area contributed by atoms with Crippen LogP contribution < -0.4 is 16.4 Å². The molecule has 1 atom stereocenters. The molecule has 0 unspecified atom stereocenters. The maximum absolute atomic E-state index is 12.3. The number of primary amides is 1. The zero-order valence-corrected chi connectivity index (χ0v) is 15.4. The molecule has 1 aromatic rings. The van der Waals surface area contributed by atoms with E-state index in [1.54, 1.807) is 33.0 Å². The molecule has 0 aliphatic rings. The van der Waals surface area contributed by atoms with Crippen molar-refractivity contribution in [1.82, 2.24) is 10.6 Å². The Morgan fingerprint density at radius 3 is 2.25 bits per heavy atom. The average molecular weight is 335 g/mol. The first-order chi connectivity index (χ1) is 10.9. The number of carbonyl (C=O) groups excluding carboxylic acids is 2. The summed E-state index contributed by atoms with van der Waals surface area (Å²) in [6.45, 7) is 9.43. The molecular weight excluding hydrogens is 306 g/mol. The fraction of sp³-hybridized carbons (Fsp3) is 0.556. The molecule has 6 heteroatoms. The molecule has 0 saturated heterocycles. The van der Waals surface area contributed by atoms with Gasteiger partial charge in [-0.2, -0.15) is 0 Å². The molecule has 0 bridgehead atoms. The Morgan fingerprint density at radius 1 is 1.21 bits per heavy atom. The van der Waals surface area contributed by atoms with Crippen molar-refractivity contribution in [3.05, 3.63) is 29.3 Å². The number of benzene rings is 1. The molecule has 0 spiro atoms. The van der Waals surface area contributed by atoms with Crippen LogP contribution in [0.2, 0.25) is 0 Å². The molecule has 0 aromatic heterocycles. The number of rotatable bonds is 6. The van der Waals surface area contributed by atoms with E-state index < -0.39 is 17.5 Å². The van der Waals surface area contributed by atoms with Gasteiger partial charge in [0.1, 0.15) is 11.8 Å². The molecule has 1 aromatic carbocycles. The van der Waals surface area contributed by atoms with Gasteiger partial charge >= 0.3 is 0 Å². The summed E-state index contributed by atoms with van der Waals surface area (Å²) in [5.74, 6) is -0.688. The first-order valence-corrected chi connectivity index (χ1v) is 8.00. The molecule has 5 N–H and O–H groups in total. The third-order valence-electron chi connectivity index (χ3n) is 4.15. The van der Waals surface area contributed by atoms with Crippen LogP contribution in [0.4, 0.5) is 0 Å². The number of nitrogens with two attached hydrogens (primary N) is 1. The van der Waals surface area contributed by atoms with Gasteiger partial charge in [-0.15, -0.1) is 0 Å². The van der Waals surface area contributed by atoms with Gasteiger partial charge in [0, 0.05) is 6.42 Å². The van der Waals surface area contributed by atoms with Crippen LogP contribution in [0.5, 0.6) is 5.75 Å². The molecule has 0 heterocycles. The highest BCUT2D eigenvalue weighted by atomic mass is 16.3. The van der Waals surface area contributed by atoms with Crippen molar-refractivity contribution < 1.29 is 14.7 Å². The molecule has 134 valence electrons. The first-order valence-electron chi connectivity index (χ1n) is 8.00. The van der Waals surface area contributed by atoms with Crippen molar-refractivity contribution in [2.45, 2.75) is 58.0 Å². The maximum atomic E-state index is 12.3. The number of nitrogens with one attached hydrogen (secondary N) is 2. The summed E-state index contributed by atoms with van der Waals surface area (Å²) in [5, 5.41) is 15.6. The van der Waals surface area contributed by atoms with E-state index in [1.807, 2.05) is 26.8 Å². The Labute approximate surface area is 143 Å². The molecule has 24 heavy (non-hydrogen) atoms. The fourth-order valence-electron chi connectivity index (χ4n) is 2.22. The Balaban J connectivity index is 3.02. The van der Waals surface area contributed by atoms with E-state index in [-0.39, 0.29) is 23.5 Å². The zero-order valence-electron chi connectivity index (χ0n) is 15.4. The van der Waals surface area contributed by atoms with Crippen LogP contribution in [0, 0.1) is 0 Å². The van der Waals surface area contributed by atoms with Crippen molar-refractivity contribution in [1.29, 1.82) is 0 Å². The van der Waals surface area contributed by atoms with Gasteiger partial charge in [-0.3, -0.25) is 9.59 Å². The second-order valence-electron chi connectivity index (χ2n) is 7.61. The quantitative estimate of drug-likeness (QED) is 0.627. The Hall–Kier alpha value is -2.08. The van der Waals surface area contributed by atoms with Gasteiger partial charge < -0.3 is 21.5 Å². The molecule has 0 saturated carbocycles. The lowest BCUT2D eigenvalue weighted by atomic mass is 9.84. The Bertz CT molecular complexity index is 618. The van der Waals surface area contributed by atoms with E-state index in [2.05, 4.69) is 10.6 Å². The molecule has 0 aliphatic carbocycles. The third kappa shape index (κ3) is 4.96. The smallest absolute Gasteiger partial charge is 0.240 e. The van der Waals surface area contributed by atoms with Gasteiger partial charge in [0.25, 0.3) is 0 Å². The van der Waals surface area contributed by atoms with Crippen molar-refractivity contribution in [3.63, 3.8) is 0 Å². The SMILES string of the molecule is CNC(C)(C)C(=O)N[C@@H](Cc1ccc(O)c(C(C)(C)C)c1)C(N)=O. The highest BCUT2D eigenvalue weighted by Crippen LogP contribution is 2.31. The number of aromatic hydroxyl groups is 1. The highest BCUT2D eigenvalue weighted by Gasteiger charge is 2.29. The van der Waals surface area contributed by atoms with E-state index in [1.165, 1.54) is 0 Å². The van der Waals surface area contributed by atoms with Gasteiger partial charge in [-0.1, -0.05) is 32.9 Å². The van der Waals surface area contributed by atoms with Crippen LogP contribution in [0.3, 0.4) is 0 Å². The van der Waals surface area contributed by atoms with Gasteiger partial charge in [0.05, 0.1) is 5.54 Å². The molecule has 2 amide bonds. The second-order valence-corrected chi connectivity index (χ2v) is 7.61. The average Bonchev–Trinajstić information content (AvgIpc) is 2.46. The number of hydrogen-bond acceptors (Lipinski definition) is 4. The summed E-state index contributed by atoms with van der Waals surface area (Å²) in [7, 11) is 1.68. The minimum atomic E-state index is -0.817. The lowest BCUT2D eigenvalue weighted by Gasteiger charge is -2.26. The number of hydrogen-bond donors (Lipinski definition) is 4. The molecule has 0 aliphatic heterocycles. The minimum Gasteiger partial charge on any atom is -0.508 e. The number of amides is 2. The summed E-state index contributed by atoms with van der Waals surface area (Å²) < 4.78 is 0. The van der Waals surface area contributed by atoms with Gasteiger partial charge in [0.15, 0.2) is 0 Å². The topological polar surface area (TPSA) is 104 Å². The summed E-state index contributed by atoms with van der Waals surface area (Å²) in [5.41, 5.74) is 6.01. The monoisotopic (exact) mass is 335 g/mol. The second kappa shape index (κ2) is 7.21. The molecular formula is C18H29N3O3. The highest BCUT2D eigenvalue weighted by molar-refractivity contribution is 5.91. The number of carbonyl (C=O) groups is 2. The molecule has 6 nitrogen and oxygen atoms in total.